The van der Waals surface area contributed by atoms with Crippen LogP contribution in [0.5, 0.6) is 11.5 Å². The number of ether oxygens (including phenoxy) is 1. The van der Waals surface area contributed by atoms with Crippen LogP contribution in [0.15, 0.2) is 60.7 Å². The van der Waals surface area contributed by atoms with E-state index in [0.29, 0.717) is 46.7 Å². The molecule has 10 nitrogen and oxygen atoms in total. The van der Waals surface area contributed by atoms with E-state index < -0.39 is 24.6 Å². The number of carbonyl (C=O) groups excluding carboxylic acids is 3. The van der Waals surface area contributed by atoms with Crippen LogP contribution in [0, 0.1) is 36.0 Å². The molecule has 0 radical (unpaired) electrons. The Bertz CT molecular complexity index is 1670. The lowest BCUT2D eigenvalue weighted by molar-refractivity contribution is -0.199. The van der Waals surface area contributed by atoms with Crippen LogP contribution >= 0.6 is 0 Å². The number of carbonyl (C=O) groups is 3. The van der Waals surface area contributed by atoms with Crippen LogP contribution in [0.1, 0.15) is 86.8 Å². The molecule has 7 rings (SSSR count). The zero-order valence-electron chi connectivity index (χ0n) is 29.7. The number of nitrogens with one attached hydrogen (secondary N) is 2. The van der Waals surface area contributed by atoms with Crippen molar-refractivity contribution in [1.29, 1.82) is 0 Å². The quantitative estimate of drug-likeness (QED) is 0.171. The molecule has 2 heterocycles. The second-order valence-electron chi connectivity index (χ2n) is 15.4. The monoisotopic (exact) mass is 668 g/mol. The highest BCUT2D eigenvalue weighted by Crippen LogP contribution is 2.65. The van der Waals surface area contributed by atoms with E-state index >= 15 is 0 Å². The number of hydrogen-bond donors (Lipinski definition) is 2. The molecule has 0 spiro atoms. The van der Waals surface area contributed by atoms with Gasteiger partial charge in [-0.25, -0.2) is 0 Å². The predicted octanol–water partition coefficient (Wildman–Crippen LogP) is 5.94. The molecule has 3 aromatic rings. The van der Waals surface area contributed by atoms with Crippen LogP contribution in [0.3, 0.4) is 0 Å². The maximum Gasteiger partial charge on any atom is 0.481 e. The molecule has 260 valence electrons. The molecule has 1 aromatic heterocycles. The van der Waals surface area contributed by atoms with E-state index in [0.717, 1.165) is 12.8 Å². The number of aromatic nitrogens is 2. The molecule has 2 aromatic carbocycles. The smallest absolute Gasteiger partial charge is 0.457 e. The highest BCUT2D eigenvalue weighted by Gasteiger charge is 2.68. The third-order valence-corrected chi connectivity index (χ3v) is 11.1. The first-order valence-electron chi connectivity index (χ1n) is 17.5. The van der Waals surface area contributed by atoms with Gasteiger partial charge < -0.3 is 24.7 Å². The van der Waals surface area contributed by atoms with E-state index in [-0.39, 0.29) is 48.0 Å². The van der Waals surface area contributed by atoms with Gasteiger partial charge in [0.25, 0.3) is 5.91 Å². The summed E-state index contributed by atoms with van der Waals surface area (Å²) in [6, 6.07) is 18.0. The molecular weight excluding hydrogens is 619 g/mol. The van der Waals surface area contributed by atoms with Gasteiger partial charge in [-0.1, -0.05) is 45.9 Å². The molecular formula is C38H49BN4O6. The molecule has 2 bridgehead atoms. The Balaban J connectivity index is 1.18. The minimum atomic E-state index is -0.841. The van der Waals surface area contributed by atoms with E-state index in [1.807, 2.05) is 37.3 Å². The van der Waals surface area contributed by atoms with E-state index in [4.69, 9.17) is 14.0 Å². The number of rotatable bonds is 13. The van der Waals surface area contributed by atoms with Crippen molar-refractivity contribution in [2.45, 2.75) is 84.9 Å². The molecule has 2 amide bonds. The van der Waals surface area contributed by atoms with Crippen molar-refractivity contribution in [3.8, 4) is 11.5 Å². The van der Waals surface area contributed by atoms with Crippen LogP contribution in [0.25, 0.3) is 0 Å². The Hall–Kier alpha value is -3.96. The van der Waals surface area contributed by atoms with Crippen molar-refractivity contribution in [3.05, 3.63) is 77.6 Å². The number of nitrogens with zero attached hydrogens (tertiary/aromatic N) is 2. The Morgan fingerprint density at radius 2 is 1.73 bits per heavy atom. The molecule has 11 heteroatoms. The number of aryl methyl sites for hydroxylation is 2. The lowest BCUT2D eigenvalue weighted by atomic mass is 9.43. The summed E-state index contributed by atoms with van der Waals surface area (Å²) in [5.74, 6) is 0.370. The van der Waals surface area contributed by atoms with Gasteiger partial charge in [0, 0.05) is 25.6 Å². The Morgan fingerprint density at radius 1 is 1.04 bits per heavy atom. The van der Waals surface area contributed by atoms with Gasteiger partial charge in [-0.15, -0.1) is 0 Å². The van der Waals surface area contributed by atoms with E-state index in [9.17, 15) is 14.4 Å². The van der Waals surface area contributed by atoms with Gasteiger partial charge in [0.05, 0.1) is 29.3 Å². The number of ketones is 1. The SMILES string of the molecule is Cc1cc(C(=O)NC[C@H](CC(=O)c2ccc(Oc3ccccc3)cc2)C(=O)N[C@@H](CC(C)C)B2O[C@@H]3C[C@H]4C[C@H](C4(C)C)[C@]3(C)O2)n(C)n1. The normalized spacial score (nSPS) is 24.8. The minimum absolute atomic E-state index is 0.0197. The van der Waals surface area contributed by atoms with Crippen LogP contribution < -0.4 is 15.4 Å². The highest BCUT2D eigenvalue weighted by molar-refractivity contribution is 6.47. The van der Waals surface area contributed by atoms with Crippen molar-refractivity contribution < 1.29 is 28.4 Å². The van der Waals surface area contributed by atoms with E-state index in [2.05, 4.69) is 50.4 Å². The molecule has 0 unspecified atom stereocenters. The fourth-order valence-corrected chi connectivity index (χ4v) is 8.18. The standard InChI is InChI=1S/C38H49BN4O6/c1-23(2)17-34(39-48-33-21-27-20-32(37(27,4)5)38(33,6)49-39)41-35(45)26(22-40-36(46)30-18-24(3)42-43(30)7)19-31(44)25-13-15-29(16-14-25)47-28-11-9-8-10-12-28/h8-16,18,23,26-27,32-34H,17,19-22H2,1-7H3,(H,40,46)(H,41,45)/t26-,27+,32+,33+,34-,38-/m0/s1. The number of Topliss-reactive ketones (excluding diaryl/α,β-unsaturated/α-hetero) is 1. The third-order valence-electron chi connectivity index (χ3n) is 11.1. The van der Waals surface area contributed by atoms with Gasteiger partial charge in [0.1, 0.15) is 17.2 Å². The zero-order valence-corrected chi connectivity index (χ0v) is 29.7. The first-order valence-corrected chi connectivity index (χ1v) is 17.5. The third kappa shape index (κ3) is 7.19. The van der Waals surface area contributed by atoms with Crippen molar-refractivity contribution in [2.24, 2.45) is 36.1 Å². The fourth-order valence-electron chi connectivity index (χ4n) is 8.18. The summed E-state index contributed by atoms with van der Waals surface area (Å²) in [6.45, 7) is 12.8. The van der Waals surface area contributed by atoms with Crippen molar-refractivity contribution in [1.82, 2.24) is 20.4 Å². The van der Waals surface area contributed by atoms with E-state index in [1.54, 1.807) is 37.4 Å². The van der Waals surface area contributed by atoms with Gasteiger partial charge in [0.15, 0.2) is 5.78 Å². The van der Waals surface area contributed by atoms with E-state index in [1.165, 1.54) is 4.68 Å². The van der Waals surface area contributed by atoms with Gasteiger partial charge >= 0.3 is 7.12 Å². The summed E-state index contributed by atoms with van der Waals surface area (Å²) in [6.07, 6.45) is 2.60. The Labute approximate surface area is 289 Å². The number of hydrogen-bond acceptors (Lipinski definition) is 7. The average molecular weight is 669 g/mol. The molecule has 49 heavy (non-hydrogen) atoms. The summed E-state index contributed by atoms with van der Waals surface area (Å²) < 4.78 is 20.7. The van der Waals surface area contributed by atoms with Crippen molar-refractivity contribution in [2.75, 3.05) is 6.54 Å². The first-order chi connectivity index (χ1) is 23.2. The summed E-state index contributed by atoms with van der Waals surface area (Å²) in [5.41, 5.74) is 1.32. The predicted molar refractivity (Wildman–Crippen MR) is 187 cm³/mol. The molecule has 1 saturated heterocycles. The summed E-state index contributed by atoms with van der Waals surface area (Å²) in [5, 5.41) is 10.4. The van der Waals surface area contributed by atoms with Crippen molar-refractivity contribution >= 4 is 24.7 Å². The first kappa shape index (κ1) is 34.9. The minimum Gasteiger partial charge on any atom is -0.457 e. The van der Waals surface area contributed by atoms with Gasteiger partial charge in [-0.2, -0.15) is 5.10 Å². The molecule has 2 N–H and O–H groups in total. The summed E-state index contributed by atoms with van der Waals surface area (Å²) >= 11 is 0. The largest absolute Gasteiger partial charge is 0.481 e. The Kier molecular flexibility index (Phi) is 9.79. The van der Waals surface area contributed by atoms with Crippen molar-refractivity contribution in [3.63, 3.8) is 0 Å². The maximum absolute atomic E-state index is 14.1. The molecule has 6 atom stereocenters. The molecule has 1 aliphatic heterocycles. The summed E-state index contributed by atoms with van der Waals surface area (Å²) in [4.78, 5) is 40.9. The average Bonchev–Trinajstić information content (AvgIpc) is 3.60. The fraction of sp³-hybridized carbons (Fsp3) is 0.526. The Morgan fingerprint density at radius 3 is 2.37 bits per heavy atom. The number of para-hydroxylation sites is 1. The van der Waals surface area contributed by atoms with Crippen LogP contribution in [-0.4, -0.2) is 58.7 Å². The van der Waals surface area contributed by atoms with Crippen LogP contribution in [-0.2, 0) is 21.2 Å². The molecule has 3 aliphatic carbocycles. The molecule has 4 fully saturated rings. The van der Waals surface area contributed by atoms with Gasteiger partial charge in [0.2, 0.25) is 5.91 Å². The lowest BCUT2D eigenvalue weighted by Gasteiger charge is -2.64. The van der Waals surface area contributed by atoms with Gasteiger partial charge in [-0.05, 0) is 98.7 Å². The van der Waals surface area contributed by atoms with Crippen LogP contribution in [0.2, 0.25) is 0 Å². The topological polar surface area (TPSA) is 121 Å². The second-order valence-corrected chi connectivity index (χ2v) is 15.4. The zero-order chi connectivity index (χ0) is 35.1. The maximum atomic E-state index is 14.1. The van der Waals surface area contributed by atoms with Gasteiger partial charge in [-0.3, -0.25) is 19.1 Å². The number of benzene rings is 2. The number of amides is 2. The highest BCUT2D eigenvalue weighted by atomic mass is 16.7. The molecule has 4 aliphatic rings. The van der Waals surface area contributed by atoms with Crippen LogP contribution in [0.4, 0.5) is 0 Å². The molecule has 3 saturated carbocycles. The lowest BCUT2D eigenvalue weighted by Crippen LogP contribution is -2.65. The summed E-state index contributed by atoms with van der Waals surface area (Å²) in [7, 11) is 1.10. The second kappa shape index (κ2) is 13.7.